The Morgan fingerprint density at radius 1 is 1.21 bits per heavy atom. The van der Waals surface area contributed by atoms with Crippen molar-refractivity contribution in [1.82, 2.24) is 10.2 Å². The number of carbonyl (C=O) groups is 1. The van der Waals surface area contributed by atoms with Gasteiger partial charge < -0.3 is 15.5 Å². The maximum atomic E-state index is 12.7. The van der Waals surface area contributed by atoms with Crippen LogP contribution >= 0.6 is 0 Å². The molecule has 3 aliphatic rings. The van der Waals surface area contributed by atoms with Crippen molar-refractivity contribution in [2.24, 2.45) is 0 Å². The predicted molar refractivity (Wildman–Crippen MR) is 74.4 cm³/mol. The van der Waals surface area contributed by atoms with E-state index in [2.05, 4.69) is 21.6 Å². The highest BCUT2D eigenvalue weighted by Gasteiger charge is 2.43. The maximum absolute atomic E-state index is 12.7. The lowest BCUT2D eigenvalue weighted by molar-refractivity contribution is 0.0581. The predicted octanol–water partition coefficient (Wildman–Crippen LogP) is 1.75. The molecule has 1 aromatic carbocycles. The molecule has 2 N–H and O–H groups in total. The Balaban J connectivity index is 1.75. The van der Waals surface area contributed by atoms with Crippen LogP contribution in [0.25, 0.3) is 0 Å². The molecule has 0 bridgehead atoms. The number of carbonyl (C=O) groups excluding carboxylic acids is 1. The van der Waals surface area contributed by atoms with Crippen molar-refractivity contribution in [2.45, 2.75) is 31.3 Å². The first-order valence-corrected chi connectivity index (χ1v) is 7.26. The van der Waals surface area contributed by atoms with Crippen LogP contribution in [0.3, 0.4) is 0 Å². The number of nitrogens with zero attached hydrogens (tertiary/aromatic N) is 1. The third kappa shape index (κ3) is 1.59. The third-order valence-electron chi connectivity index (χ3n) is 4.64. The number of amides is 1. The monoisotopic (exact) mass is 257 g/mol. The minimum absolute atomic E-state index is 0.235. The molecule has 4 rings (SSSR count). The number of nitrogens with one attached hydrogen (secondary N) is 2. The molecular formula is C15H19N3O. The number of piperidine rings is 1. The van der Waals surface area contributed by atoms with Crippen molar-refractivity contribution in [3.8, 4) is 0 Å². The van der Waals surface area contributed by atoms with Crippen LogP contribution in [-0.2, 0) is 0 Å². The molecule has 19 heavy (non-hydrogen) atoms. The number of hydrogen-bond acceptors (Lipinski definition) is 3. The molecule has 4 heteroatoms. The molecule has 1 aromatic rings. The first-order valence-electron chi connectivity index (χ1n) is 7.26. The van der Waals surface area contributed by atoms with Crippen LogP contribution in [-0.4, -0.2) is 36.5 Å². The van der Waals surface area contributed by atoms with Gasteiger partial charge in [-0.15, -0.1) is 0 Å². The molecule has 2 atom stereocenters. The van der Waals surface area contributed by atoms with Crippen molar-refractivity contribution >= 4 is 11.6 Å². The second kappa shape index (κ2) is 4.23. The van der Waals surface area contributed by atoms with E-state index in [4.69, 9.17) is 0 Å². The molecular weight excluding hydrogens is 238 g/mol. The van der Waals surface area contributed by atoms with E-state index < -0.39 is 0 Å². The molecule has 2 unspecified atom stereocenters. The van der Waals surface area contributed by atoms with Gasteiger partial charge in [0, 0.05) is 35.9 Å². The first-order chi connectivity index (χ1) is 9.36. The molecule has 1 amide bonds. The van der Waals surface area contributed by atoms with Crippen LogP contribution < -0.4 is 10.6 Å². The van der Waals surface area contributed by atoms with E-state index in [0.717, 1.165) is 43.7 Å². The van der Waals surface area contributed by atoms with Gasteiger partial charge in [0.1, 0.15) is 0 Å². The molecule has 0 spiro atoms. The van der Waals surface area contributed by atoms with Crippen molar-refractivity contribution in [2.75, 3.05) is 25.0 Å². The Morgan fingerprint density at radius 3 is 3.00 bits per heavy atom. The van der Waals surface area contributed by atoms with Crippen LogP contribution in [0, 0.1) is 0 Å². The average molecular weight is 257 g/mol. The lowest BCUT2D eigenvalue weighted by Crippen LogP contribution is -2.48. The van der Waals surface area contributed by atoms with Gasteiger partial charge in [-0.25, -0.2) is 0 Å². The number of hydrogen-bond donors (Lipinski definition) is 2. The van der Waals surface area contributed by atoms with Gasteiger partial charge >= 0.3 is 0 Å². The van der Waals surface area contributed by atoms with E-state index in [0.29, 0.717) is 12.1 Å². The standard InChI is InChI=1S/C15H19N3O/c19-15-11-4-1-5-12-14(11)13(6-8-17-12)18(15)10-3-2-7-16-9-10/h1,4-5,10,13,16-17H,2-3,6-9H2. The highest BCUT2D eigenvalue weighted by atomic mass is 16.2. The molecule has 1 fully saturated rings. The molecule has 100 valence electrons. The van der Waals surface area contributed by atoms with E-state index >= 15 is 0 Å². The van der Waals surface area contributed by atoms with Gasteiger partial charge in [0.05, 0.1) is 6.04 Å². The van der Waals surface area contributed by atoms with Crippen LogP contribution in [0.1, 0.15) is 41.2 Å². The van der Waals surface area contributed by atoms with E-state index in [1.165, 1.54) is 12.0 Å². The van der Waals surface area contributed by atoms with Gasteiger partial charge in [-0.1, -0.05) is 6.07 Å². The third-order valence-corrected chi connectivity index (χ3v) is 4.64. The van der Waals surface area contributed by atoms with Gasteiger partial charge in [-0.05, 0) is 37.9 Å². The molecule has 4 nitrogen and oxygen atoms in total. The molecule has 0 aromatic heterocycles. The Bertz CT molecular complexity index is 522. The lowest BCUT2D eigenvalue weighted by Gasteiger charge is -2.37. The number of benzene rings is 1. The second-order valence-electron chi connectivity index (χ2n) is 5.71. The summed E-state index contributed by atoms with van der Waals surface area (Å²) in [6.45, 7) is 2.99. The Labute approximate surface area is 113 Å². The maximum Gasteiger partial charge on any atom is 0.255 e. The first kappa shape index (κ1) is 11.3. The topological polar surface area (TPSA) is 44.4 Å². The van der Waals surface area contributed by atoms with E-state index in [9.17, 15) is 4.79 Å². The number of rotatable bonds is 1. The minimum atomic E-state index is 0.235. The van der Waals surface area contributed by atoms with Crippen LogP contribution in [0.2, 0.25) is 0 Å². The molecule has 0 radical (unpaired) electrons. The largest absolute Gasteiger partial charge is 0.385 e. The van der Waals surface area contributed by atoms with Crippen molar-refractivity contribution < 1.29 is 4.79 Å². The minimum Gasteiger partial charge on any atom is -0.385 e. The highest BCUT2D eigenvalue weighted by Crippen LogP contribution is 2.44. The fourth-order valence-corrected chi connectivity index (χ4v) is 3.80. The summed E-state index contributed by atoms with van der Waals surface area (Å²) in [5.74, 6) is 0.235. The summed E-state index contributed by atoms with van der Waals surface area (Å²) in [7, 11) is 0. The fourth-order valence-electron chi connectivity index (χ4n) is 3.80. The van der Waals surface area contributed by atoms with E-state index in [-0.39, 0.29) is 5.91 Å². The Morgan fingerprint density at radius 2 is 2.16 bits per heavy atom. The van der Waals surface area contributed by atoms with E-state index in [1.807, 2.05) is 12.1 Å². The van der Waals surface area contributed by atoms with Gasteiger partial charge in [-0.3, -0.25) is 4.79 Å². The summed E-state index contributed by atoms with van der Waals surface area (Å²) in [6, 6.07) is 6.73. The molecule has 0 aliphatic carbocycles. The average Bonchev–Trinajstić information content (AvgIpc) is 2.76. The fraction of sp³-hybridized carbons (Fsp3) is 0.533. The summed E-state index contributed by atoms with van der Waals surface area (Å²) in [6.07, 6.45) is 3.33. The van der Waals surface area contributed by atoms with Crippen molar-refractivity contribution in [3.05, 3.63) is 29.3 Å². The van der Waals surface area contributed by atoms with Crippen LogP contribution in [0.4, 0.5) is 5.69 Å². The number of anilines is 1. The highest BCUT2D eigenvalue weighted by molar-refractivity contribution is 6.01. The molecule has 3 aliphatic heterocycles. The molecule has 1 saturated heterocycles. The Hall–Kier alpha value is -1.55. The van der Waals surface area contributed by atoms with E-state index in [1.54, 1.807) is 0 Å². The normalized spacial score (nSPS) is 29.1. The quantitative estimate of drug-likeness (QED) is 0.805. The van der Waals surface area contributed by atoms with Gasteiger partial charge in [0.15, 0.2) is 0 Å². The Kier molecular flexibility index (Phi) is 2.52. The second-order valence-corrected chi connectivity index (χ2v) is 5.71. The van der Waals surface area contributed by atoms with Gasteiger partial charge in [-0.2, -0.15) is 0 Å². The summed E-state index contributed by atoms with van der Waals surface area (Å²) in [4.78, 5) is 14.9. The van der Waals surface area contributed by atoms with Crippen LogP contribution in [0.5, 0.6) is 0 Å². The molecule has 0 saturated carbocycles. The van der Waals surface area contributed by atoms with Crippen molar-refractivity contribution in [1.29, 1.82) is 0 Å². The van der Waals surface area contributed by atoms with Gasteiger partial charge in [0.2, 0.25) is 0 Å². The van der Waals surface area contributed by atoms with Crippen molar-refractivity contribution in [3.63, 3.8) is 0 Å². The summed E-state index contributed by atoms with van der Waals surface area (Å²) < 4.78 is 0. The smallest absolute Gasteiger partial charge is 0.255 e. The van der Waals surface area contributed by atoms with Gasteiger partial charge in [0.25, 0.3) is 5.91 Å². The summed E-state index contributed by atoms with van der Waals surface area (Å²) >= 11 is 0. The summed E-state index contributed by atoms with van der Waals surface area (Å²) in [5.41, 5.74) is 3.32. The van der Waals surface area contributed by atoms with Crippen LogP contribution in [0.15, 0.2) is 18.2 Å². The molecule has 3 heterocycles. The lowest BCUT2D eigenvalue weighted by atomic mass is 9.95. The zero-order valence-electron chi connectivity index (χ0n) is 11.0. The zero-order chi connectivity index (χ0) is 12.8. The zero-order valence-corrected chi connectivity index (χ0v) is 11.0. The SMILES string of the molecule is O=C1c2cccc3c2C(CCN3)N1C1CCCNC1. The summed E-state index contributed by atoms with van der Waals surface area (Å²) in [5, 5.41) is 6.85.